The first-order chi connectivity index (χ1) is 11.5. The van der Waals surface area contributed by atoms with E-state index in [-0.39, 0.29) is 4.91 Å². The van der Waals surface area contributed by atoms with Gasteiger partial charge in [0.15, 0.2) is 4.93 Å². The average Bonchev–Trinajstić information content (AvgIpc) is 3.10. The van der Waals surface area contributed by atoms with Crippen molar-refractivity contribution < 1.29 is 18.5 Å². The van der Waals surface area contributed by atoms with Gasteiger partial charge in [-0.15, -0.1) is 0 Å². The van der Waals surface area contributed by atoms with Gasteiger partial charge < -0.3 is 9.47 Å². The van der Waals surface area contributed by atoms with E-state index in [2.05, 4.69) is 0 Å². The van der Waals surface area contributed by atoms with Gasteiger partial charge in [0, 0.05) is 5.56 Å². The largest absolute Gasteiger partial charge is 0.489 e. The lowest BCUT2D eigenvalue weighted by molar-refractivity contribution is -0.143. The maximum absolute atomic E-state index is 12.8. The van der Waals surface area contributed by atoms with Crippen molar-refractivity contribution in [1.82, 2.24) is 0 Å². The van der Waals surface area contributed by atoms with E-state index >= 15 is 0 Å². The smallest absolute Gasteiger partial charge is 0.348 e. The number of ether oxygens (including phenoxy) is 2. The first-order valence-corrected chi connectivity index (χ1v) is 9.39. The molecule has 0 amide bonds. The number of allylic oxidation sites excluding steroid dienone is 1. The molecule has 24 heavy (non-hydrogen) atoms. The second kappa shape index (κ2) is 6.93. The fraction of sp³-hybridized carbons (Fsp3) is 0.421. The maximum Gasteiger partial charge on any atom is 0.348 e. The van der Waals surface area contributed by atoms with Crippen LogP contribution < -0.4 is 4.74 Å². The first kappa shape index (κ1) is 17.0. The van der Waals surface area contributed by atoms with E-state index < -0.39 is 21.7 Å². The highest BCUT2D eigenvalue weighted by atomic mass is 32.2. The first-order valence-electron chi connectivity index (χ1n) is 8.24. The lowest BCUT2D eigenvalue weighted by atomic mass is 10.2. The minimum atomic E-state index is -1.42. The summed E-state index contributed by atoms with van der Waals surface area (Å²) in [6, 6.07) is 7.45. The number of para-hydroxylation sites is 1. The zero-order valence-corrected chi connectivity index (χ0v) is 14.9. The highest BCUT2D eigenvalue weighted by Gasteiger charge is 2.52. The molecule has 2 aliphatic rings. The van der Waals surface area contributed by atoms with Crippen molar-refractivity contribution in [1.29, 1.82) is 0 Å². The number of hydrogen-bond acceptors (Lipinski definition) is 4. The third kappa shape index (κ3) is 3.31. The van der Waals surface area contributed by atoms with Gasteiger partial charge in [-0.25, -0.2) is 9.00 Å². The molecule has 0 radical (unpaired) electrons. The van der Waals surface area contributed by atoms with Crippen LogP contribution in [0, 0.1) is 0 Å². The van der Waals surface area contributed by atoms with Crippen LogP contribution in [0.5, 0.6) is 5.75 Å². The molecule has 3 rings (SSSR count). The van der Waals surface area contributed by atoms with Gasteiger partial charge in [0.25, 0.3) is 0 Å². The molecule has 0 bridgehead atoms. The standard InChI is InChI=1S/C19H22O4S/c1-14(2)9-12-22-16-8-4-3-7-15(16)13-17-18(20)23-19(24(17)21)10-5-6-11-19/h3-4,7-9,13H,5-6,10-12H2,1-2H3/b17-13-. The summed E-state index contributed by atoms with van der Waals surface area (Å²) in [4.78, 5) is 11.7. The van der Waals surface area contributed by atoms with Crippen LogP contribution >= 0.6 is 0 Å². The topological polar surface area (TPSA) is 52.6 Å². The molecule has 1 aliphatic carbocycles. The molecule has 2 fully saturated rings. The molecule has 1 spiro atoms. The predicted octanol–water partition coefficient (Wildman–Crippen LogP) is 3.95. The summed E-state index contributed by atoms with van der Waals surface area (Å²) in [7, 11) is -1.42. The number of carbonyl (C=O) groups is 1. The summed E-state index contributed by atoms with van der Waals surface area (Å²) in [6.07, 6.45) is 6.91. The molecule has 4 nitrogen and oxygen atoms in total. The SMILES string of the molecule is CC(C)=CCOc1ccccc1/C=C1/C(=O)OC2(CCCC2)S1=O. The fourth-order valence-corrected chi connectivity index (χ4v) is 4.66. The van der Waals surface area contributed by atoms with Crippen LogP contribution in [0.15, 0.2) is 40.8 Å². The highest BCUT2D eigenvalue weighted by Crippen LogP contribution is 2.44. The number of rotatable bonds is 4. The Morgan fingerprint density at radius 1 is 1.29 bits per heavy atom. The molecule has 1 aromatic carbocycles. The molecule has 1 aliphatic heterocycles. The number of hydrogen-bond donors (Lipinski definition) is 0. The number of benzene rings is 1. The van der Waals surface area contributed by atoms with Crippen LogP contribution in [-0.2, 0) is 20.3 Å². The van der Waals surface area contributed by atoms with Crippen molar-refractivity contribution in [2.75, 3.05) is 6.61 Å². The van der Waals surface area contributed by atoms with Gasteiger partial charge in [-0.3, -0.25) is 0 Å². The van der Waals surface area contributed by atoms with Crippen molar-refractivity contribution in [3.63, 3.8) is 0 Å². The Hall–Kier alpha value is -1.88. The van der Waals surface area contributed by atoms with Gasteiger partial charge in [0.1, 0.15) is 28.1 Å². The highest BCUT2D eigenvalue weighted by molar-refractivity contribution is 7.92. The van der Waals surface area contributed by atoms with E-state index in [4.69, 9.17) is 9.47 Å². The molecule has 128 valence electrons. The van der Waals surface area contributed by atoms with Crippen LogP contribution in [0.25, 0.3) is 6.08 Å². The third-order valence-corrected chi connectivity index (χ3v) is 6.17. The van der Waals surface area contributed by atoms with E-state index in [9.17, 15) is 9.00 Å². The molecule has 1 atom stereocenters. The lowest BCUT2D eigenvalue weighted by Crippen LogP contribution is -2.27. The summed E-state index contributed by atoms with van der Waals surface area (Å²) in [6.45, 7) is 4.48. The van der Waals surface area contributed by atoms with Crippen LogP contribution in [-0.4, -0.2) is 21.7 Å². The fourth-order valence-electron chi connectivity index (χ4n) is 3.02. The molecule has 1 heterocycles. The summed E-state index contributed by atoms with van der Waals surface area (Å²) < 4.78 is 24.1. The second-order valence-electron chi connectivity index (χ2n) is 6.41. The number of esters is 1. The molecule has 0 N–H and O–H groups in total. The summed E-state index contributed by atoms with van der Waals surface area (Å²) >= 11 is 0. The van der Waals surface area contributed by atoms with E-state index in [0.717, 1.165) is 18.4 Å². The zero-order chi connectivity index (χ0) is 17.2. The molecule has 1 saturated carbocycles. The summed E-state index contributed by atoms with van der Waals surface area (Å²) in [5.74, 6) is 0.203. The van der Waals surface area contributed by atoms with Gasteiger partial charge in [0.05, 0.1) is 0 Å². The molecular weight excluding hydrogens is 324 g/mol. The lowest BCUT2D eigenvalue weighted by Gasteiger charge is -2.18. The minimum absolute atomic E-state index is 0.246. The monoisotopic (exact) mass is 346 g/mol. The minimum Gasteiger partial charge on any atom is -0.489 e. The van der Waals surface area contributed by atoms with Gasteiger partial charge >= 0.3 is 5.97 Å². The summed E-state index contributed by atoms with van der Waals surface area (Å²) in [5.41, 5.74) is 1.92. The third-order valence-electron chi connectivity index (χ3n) is 4.32. The van der Waals surface area contributed by atoms with Crippen LogP contribution in [0.4, 0.5) is 0 Å². The van der Waals surface area contributed by atoms with E-state index in [1.807, 2.05) is 44.2 Å². The molecule has 5 heteroatoms. The van der Waals surface area contributed by atoms with Crippen molar-refractivity contribution in [2.24, 2.45) is 0 Å². The Morgan fingerprint density at radius 2 is 2.00 bits per heavy atom. The van der Waals surface area contributed by atoms with Crippen molar-refractivity contribution >= 4 is 22.8 Å². The maximum atomic E-state index is 12.8. The molecule has 1 saturated heterocycles. The Labute approximate surface area is 145 Å². The average molecular weight is 346 g/mol. The van der Waals surface area contributed by atoms with Crippen LogP contribution in [0.3, 0.4) is 0 Å². The Morgan fingerprint density at radius 3 is 2.71 bits per heavy atom. The Kier molecular flexibility index (Phi) is 4.90. The van der Waals surface area contributed by atoms with Crippen LogP contribution in [0.1, 0.15) is 45.1 Å². The number of carbonyl (C=O) groups excluding carboxylic acids is 1. The van der Waals surface area contributed by atoms with E-state index in [1.165, 1.54) is 5.57 Å². The van der Waals surface area contributed by atoms with Crippen LogP contribution in [0.2, 0.25) is 0 Å². The van der Waals surface area contributed by atoms with Crippen molar-refractivity contribution in [3.05, 3.63) is 46.4 Å². The van der Waals surface area contributed by atoms with Gasteiger partial charge in [-0.2, -0.15) is 0 Å². The zero-order valence-electron chi connectivity index (χ0n) is 14.0. The molecule has 0 aromatic heterocycles. The second-order valence-corrected chi connectivity index (χ2v) is 8.14. The Balaban J connectivity index is 1.87. The van der Waals surface area contributed by atoms with Gasteiger partial charge in [0.2, 0.25) is 0 Å². The predicted molar refractivity (Wildman–Crippen MR) is 94.8 cm³/mol. The van der Waals surface area contributed by atoms with E-state index in [1.54, 1.807) is 6.08 Å². The molecule has 1 unspecified atom stereocenters. The molecular formula is C19H22O4S. The summed E-state index contributed by atoms with van der Waals surface area (Å²) in [5, 5.41) is 0. The van der Waals surface area contributed by atoms with Crippen molar-refractivity contribution in [2.45, 2.75) is 44.5 Å². The van der Waals surface area contributed by atoms with Crippen molar-refractivity contribution in [3.8, 4) is 5.75 Å². The normalized spacial score (nSPS) is 23.5. The van der Waals surface area contributed by atoms with Gasteiger partial charge in [-0.1, -0.05) is 23.8 Å². The quantitative estimate of drug-likeness (QED) is 0.471. The van der Waals surface area contributed by atoms with Gasteiger partial charge in [-0.05, 0) is 57.7 Å². The Bertz CT molecular complexity index is 723. The van der Waals surface area contributed by atoms with E-state index in [0.29, 0.717) is 25.2 Å². The molecule has 1 aromatic rings.